The maximum absolute atomic E-state index is 12.6. The second-order valence-electron chi connectivity index (χ2n) is 8.01. The molecule has 0 atom stereocenters. The van der Waals surface area contributed by atoms with Gasteiger partial charge in [0, 0.05) is 47.8 Å². The van der Waals surface area contributed by atoms with E-state index in [9.17, 15) is 9.59 Å². The number of H-pyrrole nitrogens is 1. The lowest BCUT2D eigenvalue weighted by atomic mass is 10.0. The quantitative estimate of drug-likeness (QED) is 0.404. The molecule has 32 heavy (non-hydrogen) atoms. The molecule has 1 N–H and O–H groups in total. The highest BCUT2D eigenvalue weighted by atomic mass is 32.1. The molecule has 0 spiro atoms. The molecule has 160 valence electrons. The van der Waals surface area contributed by atoms with E-state index < -0.39 is 0 Å². The number of nitrogens with zero attached hydrogens (tertiary/aromatic N) is 2. The van der Waals surface area contributed by atoms with Crippen LogP contribution < -0.4 is 0 Å². The Morgan fingerprint density at radius 1 is 0.969 bits per heavy atom. The maximum atomic E-state index is 12.6. The molecule has 5 rings (SSSR count). The Kier molecular flexibility index (Phi) is 5.69. The number of benzene rings is 2. The van der Waals surface area contributed by atoms with Crippen LogP contribution in [0.4, 0.5) is 0 Å². The van der Waals surface area contributed by atoms with E-state index in [-0.39, 0.29) is 11.7 Å². The molecule has 5 nitrogen and oxygen atoms in total. The van der Waals surface area contributed by atoms with Crippen LogP contribution in [-0.2, 0) is 6.42 Å². The highest BCUT2D eigenvalue weighted by Crippen LogP contribution is 2.30. The molecule has 3 heterocycles. The summed E-state index contributed by atoms with van der Waals surface area (Å²) >= 11 is 1.56. The number of thiazole rings is 1. The first-order chi connectivity index (χ1) is 15.7. The number of aromatic nitrogens is 2. The molecular formula is C26H23N3O2S. The zero-order valence-electron chi connectivity index (χ0n) is 17.6. The number of aromatic amines is 1. The van der Waals surface area contributed by atoms with Crippen molar-refractivity contribution in [2.75, 3.05) is 13.1 Å². The fraction of sp³-hybridized carbons (Fsp3) is 0.192. The summed E-state index contributed by atoms with van der Waals surface area (Å²) in [6, 6.07) is 19.2. The summed E-state index contributed by atoms with van der Waals surface area (Å²) in [5, 5.41) is 2.90. The first-order valence-corrected chi connectivity index (χ1v) is 11.7. The fourth-order valence-electron chi connectivity index (χ4n) is 4.02. The summed E-state index contributed by atoms with van der Waals surface area (Å²) in [5.41, 5.74) is 5.04. The lowest BCUT2D eigenvalue weighted by Crippen LogP contribution is -2.27. The van der Waals surface area contributed by atoms with E-state index in [0.717, 1.165) is 58.9 Å². The molecule has 0 radical (unpaired) electrons. The standard InChI is InChI=1S/C26H23N3O2S/c30-24(19-8-2-1-3-9-19)14-18-7-6-10-20(13-18)25-28-23(17-32-25)21-15-22(27-16-21)26(31)29-11-4-5-12-29/h1-3,6-10,13,15-17,27H,4-5,11-12,14H2. The third-order valence-electron chi connectivity index (χ3n) is 5.74. The van der Waals surface area contributed by atoms with Crippen molar-refractivity contribution in [3.63, 3.8) is 0 Å². The number of nitrogens with one attached hydrogen (secondary N) is 1. The smallest absolute Gasteiger partial charge is 0.270 e. The normalized spacial score (nSPS) is 13.4. The van der Waals surface area contributed by atoms with Gasteiger partial charge in [-0.05, 0) is 30.5 Å². The van der Waals surface area contributed by atoms with Gasteiger partial charge in [0.2, 0.25) is 0 Å². The van der Waals surface area contributed by atoms with Crippen molar-refractivity contribution in [1.29, 1.82) is 0 Å². The van der Waals surface area contributed by atoms with Crippen LogP contribution in [0.5, 0.6) is 0 Å². The number of hydrogen-bond acceptors (Lipinski definition) is 4. The van der Waals surface area contributed by atoms with Crippen LogP contribution in [0.15, 0.2) is 72.2 Å². The van der Waals surface area contributed by atoms with Crippen LogP contribution in [0.1, 0.15) is 39.3 Å². The Balaban J connectivity index is 1.32. The minimum Gasteiger partial charge on any atom is -0.357 e. The van der Waals surface area contributed by atoms with Crippen molar-refractivity contribution < 1.29 is 9.59 Å². The largest absolute Gasteiger partial charge is 0.357 e. The van der Waals surface area contributed by atoms with Crippen LogP contribution in [0.3, 0.4) is 0 Å². The number of amides is 1. The number of hydrogen-bond donors (Lipinski definition) is 1. The van der Waals surface area contributed by atoms with Gasteiger partial charge in [-0.1, -0.05) is 48.5 Å². The van der Waals surface area contributed by atoms with Crippen molar-refractivity contribution in [3.05, 3.63) is 89.1 Å². The number of rotatable bonds is 6. The van der Waals surface area contributed by atoms with E-state index in [2.05, 4.69) is 4.98 Å². The maximum Gasteiger partial charge on any atom is 0.270 e. The number of carbonyl (C=O) groups excluding carboxylic acids is 2. The summed E-state index contributed by atoms with van der Waals surface area (Å²) in [4.78, 5) is 34.9. The van der Waals surface area contributed by atoms with Crippen molar-refractivity contribution in [2.24, 2.45) is 0 Å². The lowest BCUT2D eigenvalue weighted by Gasteiger charge is -2.13. The second-order valence-corrected chi connectivity index (χ2v) is 8.86. The molecule has 1 aliphatic rings. The van der Waals surface area contributed by atoms with E-state index in [1.807, 2.05) is 77.1 Å². The predicted molar refractivity (Wildman–Crippen MR) is 127 cm³/mol. The molecule has 0 bridgehead atoms. The first kappa shape index (κ1) is 20.4. The van der Waals surface area contributed by atoms with Gasteiger partial charge in [-0.2, -0.15) is 0 Å². The zero-order valence-corrected chi connectivity index (χ0v) is 18.4. The molecule has 1 amide bonds. The Bertz CT molecular complexity index is 1250. The monoisotopic (exact) mass is 441 g/mol. The van der Waals surface area contributed by atoms with Crippen LogP contribution in [-0.4, -0.2) is 39.6 Å². The van der Waals surface area contributed by atoms with Gasteiger partial charge < -0.3 is 9.88 Å². The topological polar surface area (TPSA) is 66.1 Å². The zero-order chi connectivity index (χ0) is 21.9. The Morgan fingerprint density at radius 3 is 2.59 bits per heavy atom. The molecule has 1 saturated heterocycles. The van der Waals surface area contributed by atoms with E-state index in [1.165, 1.54) is 0 Å². The first-order valence-electron chi connectivity index (χ1n) is 10.8. The number of ketones is 1. The van der Waals surface area contributed by atoms with E-state index in [1.54, 1.807) is 11.3 Å². The van der Waals surface area contributed by atoms with Crippen LogP contribution in [0.2, 0.25) is 0 Å². The summed E-state index contributed by atoms with van der Waals surface area (Å²) in [6.07, 6.45) is 4.35. The second kappa shape index (κ2) is 8.93. The molecule has 2 aromatic carbocycles. The molecule has 6 heteroatoms. The van der Waals surface area contributed by atoms with Gasteiger partial charge in [0.15, 0.2) is 5.78 Å². The SMILES string of the molecule is O=C(Cc1cccc(-c2nc(-c3c[nH]c(C(=O)N4CCCC4)c3)cs2)c1)c1ccccc1. The fourth-order valence-corrected chi connectivity index (χ4v) is 4.85. The summed E-state index contributed by atoms with van der Waals surface area (Å²) < 4.78 is 0. The molecular weight excluding hydrogens is 418 g/mol. The summed E-state index contributed by atoms with van der Waals surface area (Å²) in [7, 11) is 0. The van der Waals surface area contributed by atoms with Crippen molar-refractivity contribution in [3.8, 4) is 21.8 Å². The average Bonchev–Trinajstić information content (AvgIpc) is 3.61. The van der Waals surface area contributed by atoms with Gasteiger partial charge in [-0.3, -0.25) is 9.59 Å². The number of Topliss-reactive ketones (excluding diaryl/α,β-unsaturated/α-hetero) is 1. The average molecular weight is 442 g/mol. The molecule has 1 fully saturated rings. The number of likely N-dealkylation sites (tertiary alicyclic amines) is 1. The highest BCUT2D eigenvalue weighted by Gasteiger charge is 2.21. The predicted octanol–water partition coefficient (Wildman–Crippen LogP) is 5.47. The van der Waals surface area contributed by atoms with Gasteiger partial charge in [-0.15, -0.1) is 11.3 Å². The molecule has 0 aliphatic carbocycles. The van der Waals surface area contributed by atoms with Gasteiger partial charge in [-0.25, -0.2) is 4.98 Å². The minimum atomic E-state index is 0.0555. The minimum absolute atomic E-state index is 0.0555. The Hall–Kier alpha value is -3.51. The van der Waals surface area contributed by atoms with Crippen LogP contribution in [0, 0.1) is 0 Å². The van der Waals surface area contributed by atoms with Crippen molar-refractivity contribution in [2.45, 2.75) is 19.3 Å². The van der Waals surface area contributed by atoms with E-state index in [0.29, 0.717) is 12.1 Å². The Morgan fingerprint density at radius 2 is 1.78 bits per heavy atom. The van der Waals surface area contributed by atoms with E-state index in [4.69, 9.17) is 4.98 Å². The molecule has 0 saturated carbocycles. The lowest BCUT2D eigenvalue weighted by molar-refractivity contribution is 0.0787. The number of carbonyl (C=O) groups is 2. The van der Waals surface area contributed by atoms with Gasteiger partial charge in [0.25, 0.3) is 5.91 Å². The summed E-state index contributed by atoms with van der Waals surface area (Å²) in [5.74, 6) is 0.157. The third-order valence-corrected chi connectivity index (χ3v) is 6.63. The van der Waals surface area contributed by atoms with E-state index >= 15 is 0 Å². The van der Waals surface area contributed by atoms with Gasteiger partial charge >= 0.3 is 0 Å². The molecule has 1 aliphatic heterocycles. The van der Waals surface area contributed by atoms with Gasteiger partial charge in [0.1, 0.15) is 10.7 Å². The molecule has 4 aromatic rings. The Labute approximate surface area is 190 Å². The van der Waals surface area contributed by atoms with Crippen molar-refractivity contribution in [1.82, 2.24) is 14.9 Å². The highest BCUT2D eigenvalue weighted by molar-refractivity contribution is 7.13. The third kappa shape index (κ3) is 4.27. The molecule has 0 unspecified atom stereocenters. The van der Waals surface area contributed by atoms with Crippen molar-refractivity contribution >= 4 is 23.0 Å². The van der Waals surface area contributed by atoms with Crippen LogP contribution in [0.25, 0.3) is 21.8 Å². The van der Waals surface area contributed by atoms with Crippen LogP contribution >= 0.6 is 11.3 Å². The van der Waals surface area contributed by atoms with Gasteiger partial charge in [0.05, 0.1) is 5.69 Å². The summed E-state index contributed by atoms with van der Waals surface area (Å²) in [6.45, 7) is 1.66. The molecule has 2 aromatic heterocycles.